The van der Waals surface area contributed by atoms with Gasteiger partial charge >= 0.3 is 6.09 Å². The van der Waals surface area contributed by atoms with Crippen molar-refractivity contribution in [1.82, 2.24) is 9.80 Å². The maximum Gasteiger partial charge on any atom is 0.410 e. The zero-order valence-corrected chi connectivity index (χ0v) is 18.0. The van der Waals surface area contributed by atoms with Gasteiger partial charge in [0.15, 0.2) is 0 Å². The van der Waals surface area contributed by atoms with E-state index in [-0.39, 0.29) is 5.91 Å². The highest BCUT2D eigenvalue weighted by molar-refractivity contribution is 5.93. The Labute approximate surface area is 176 Å². The molecular formula is C22H27N5O3. The molecule has 0 spiro atoms. The number of fused-ring (bicyclic) bond motifs is 1. The van der Waals surface area contributed by atoms with Gasteiger partial charge in [0.25, 0.3) is 0 Å². The van der Waals surface area contributed by atoms with Gasteiger partial charge < -0.3 is 14.5 Å². The van der Waals surface area contributed by atoms with Gasteiger partial charge in [-0.05, 0) is 60.8 Å². The molecule has 0 radical (unpaired) electrons. The third kappa shape index (κ3) is 6.83. The molecule has 2 amide bonds. The van der Waals surface area contributed by atoms with Crippen molar-refractivity contribution in [2.45, 2.75) is 26.4 Å². The second kappa shape index (κ2) is 9.80. The number of ether oxygens (including phenoxy) is 1. The van der Waals surface area contributed by atoms with Crippen molar-refractivity contribution >= 4 is 34.5 Å². The molecule has 0 aliphatic rings. The number of carbonyl (C=O) groups is 2. The highest BCUT2D eigenvalue weighted by Crippen LogP contribution is 2.23. The Hall–Kier alpha value is -3.51. The number of rotatable bonds is 6. The van der Waals surface area contributed by atoms with E-state index in [1.165, 1.54) is 11.0 Å². The van der Waals surface area contributed by atoms with Crippen LogP contribution in [0, 0.1) is 0 Å². The minimum absolute atomic E-state index is 0.161. The van der Waals surface area contributed by atoms with Crippen molar-refractivity contribution < 1.29 is 14.3 Å². The van der Waals surface area contributed by atoms with E-state index in [9.17, 15) is 9.59 Å². The number of benzene rings is 2. The number of hydrogen-bond donors (Lipinski definition) is 0. The van der Waals surface area contributed by atoms with Gasteiger partial charge in [0.05, 0.1) is 0 Å². The van der Waals surface area contributed by atoms with Crippen LogP contribution in [0.25, 0.3) is 27.3 Å². The third-order valence-corrected chi connectivity index (χ3v) is 4.28. The summed E-state index contributed by atoms with van der Waals surface area (Å²) in [6.07, 6.45) is 2.83. The van der Waals surface area contributed by atoms with Gasteiger partial charge in [-0.1, -0.05) is 29.4 Å². The van der Waals surface area contributed by atoms with Gasteiger partial charge in [-0.3, -0.25) is 4.79 Å². The number of azide groups is 1. The topological polar surface area (TPSA) is 98.6 Å². The number of amides is 2. The first-order chi connectivity index (χ1) is 14.1. The predicted octanol–water partition coefficient (Wildman–Crippen LogP) is 5.12. The smallest absolute Gasteiger partial charge is 0.410 e. The second-order valence-corrected chi connectivity index (χ2v) is 7.98. The van der Waals surface area contributed by atoms with Gasteiger partial charge in [-0.25, -0.2) is 4.79 Å². The second-order valence-electron chi connectivity index (χ2n) is 7.98. The Kier molecular flexibility index (Phi) is 7.44. The SMILES string of the molecule is CN(CCN(C)C(=O)OC(C)(C)C)C(=O)/C=C/c1ccc2cc(N=[N+]=[N-])ccc2c1. The molecule has 0 aliphatic heterocycles. The van der Waals surface area contributed by atoms with Crippen LogP contribution in [0.15, 0.2) is 47.6 Å². The summed E-state index contributed by atoms with van der Waals surface area (Å²) in [6.45, 7) is 6.19. The first-order valence-corrected chi connectivity index (χ1v) is 9.55. The zero-order chi connectivity index (χ0) is 22.3. The van der Waals surface area contributed by atoms with E-state index < -0.39 is 11.7 Å². The molecule has 158 valence electrons. The number of nitrogens with zero attached hydrogens (tertiary/aromatic N) is 5. The van der Waals surface area contributed by atoms with Gasteiger partial charge in [-0.2, -0.15) is 0 Å². The summed E-state index contributed by atoms with van der Waals surface area (Å²) < 4.78 is 5.30. The first-order valence-electron chi connectivity index (χ1n) is 9.55. The summed E-state index contributed by atoms with van der Waals surface area (Å²) in [7, 11) is 3.33. The average Bonchev–Trinajstić information content (AvgIpc) is 2.68. The predicted molar refractivity (Wildman–Crippen MR) is 118 cm³/mol. The molecule has 0 heterocycles. The summed E-state index contributed by atoms with van der Waals surface area (Å²) in [5, 5.41) is 5.53. The Bertz CT molecular complexity index is 1000. The number of likely N-dealkylation sites (N-methyl/N-ethyl adjacent to an activating group) is 2. The molecule has 0 saturated carbocycles. The van der Waals surface area contributed by atoms with Crippen LogP contribution >= 0.6 is 0 Å². The monoisotopic (exact) mass is 409 g/mol. The molecule has 0 fully saturated rings. The van der Waals surface area contributed by atoms with Crippen molar-refractivity contribution in [3.8, 4) is 0 Å². The standard InChI is InChI=1S/C22H27N5O3/c1-22(2,3)30-21(29)27(5)13-12-26(4)20(28)11-7-16-6-8-18-15-19(24-25-23)10-9-17(18)14-16/h6-11,14-15H,12-13H2,1-5H3/b11-7+. The molecule has 30 heavy (non-hydrogen) atoms. The molecule has 0 N–H and O–H groups in total. The van der Waals surface area contributed by atoms with Crippen LogP contribution in [0.2, 0.25) is 0 Å². The van der Waals surface area contributed by atoms with Crippen molar-refractivity contribution in [2.24, 2.45) is 5.11 Å². The molecule has 0 saturated heterocycles. The molecule has 2 rings (SSSR count). The lowest BCUT2D eigenvalue weighted by molar-refractivity contribution is -0.124. The zero-order valence-electron chi connectivity index (χ0n) is 18.0. The minimum atomic E-state index is -0.555. The maximum atomic E-state index is 12.4. The quantitative estimate of drug-likeness (QED) is 0.286. The molecule has 8 nitrogen and oxygen atoms in total. The Morgan fingerprint density at radius 1 is 1.07 bits per heavy atom. The molecular weight excluding hydrogens is 382 g/mol. The lowest BCUT2D eigenvalue weighted by Gasteiger charge is -2.26. The fourth-order valence-electron chi connectivity index (χ4n) is 2.61. The molecule has 2 aromatic carbocycles. The lowest BCUT2D eigenvalue weighted by Crippen LogP contribution is -2.39. The van der Waals surface area contributed by atoms with Crippen LogP contribution in [-0.2, 0) is 9.53 Å². The lowest BCUT2D eigenvalue weighted by atomic mass is 10.1. The molecule has 2 aromatic rings. The fraction of sp³-hybridized carbons (Fsp3) is 0.364. The molecule has 0 atom stereocenters. The van der Waals surface area contributed by atoms with Crippen molar-refractivity contribution in [3.63, 3.8) is 0 Å². The fourth-order valence-corrected chi connectivity index (χ4v) is 2.61. The van der Waals surface area contributed by atoms with Crippen molar-refractivity contribution in [2.75, 3.05) is 27.2 Å². The highest BCUT2D eigenvalue weighted by atomic mass is 16.6. The maximum absolute atomic E-state index is 12.4. The van der Waals surface area contributed by atoms with Crippen LogP contribution < -0.4 is 0 Å². The summed E-state index contributed by atoms with van der Waals surface area (Å²) in [6, 6.07) is 11.2. The first kappa shape index (κ1) is 22.8. The van der Waals surface area contributed by atoms with Gasteiger partial charge in [0.2, 0.25) is 5.91 Å². The minimum Gasteiger partial charge on any atom is -0.444 e. The van der Waals surface area contributed by atoms with Crippen molar-refractivity contribution in [1.29, 1.82) is 0 Å². The van der Waals surface area contributed by atoms with Gasteiger partial charge in [0.1, 0.15) is 5.60 Å². The summed E-state index contributed by atoms with van der Waals surface area (Å²) in [5.41, 5.74) is 9.41. The van der Waals surface area contributed by atoms with Crippen molar-refractivity contribution in [3.05, 3.63) is 58.5 Å². The number of carbonyl (C=O) groups excluding carboxylic acids is 2. The summed E-state index contributed by atoms with van der Waals surface area (Å²) in [5.74, 6) is -0.161. The van der Waals surface area contributed by atoms with E-state index in [1.54, 1.807) is 31.1 Å². The van der Waals surface area contributed by atoms with E-state index in [2.05, 4.69) is 10.0 Å². The number of hydrogen-bond acceptors (Lipinski definition) is 4. The van der Waals surface area contributed by atoms with Crippen LogP contribution in [0.3, 0.4) is 0 Å². The summed E-state index contributed by atoms with van der Waals surface area (Å²) in [4.78, 5) is 30.1. The molecule has 0 aromatic heterocycles. The molecule has 0 aliphatic carbocycles. The van der Waals surface area contributed by atoms with E-state index in [4.69, 9.17) is 10.3 Å². The van der Waals surface area contributed by atoms with Gasteiger partial charge in [0, 0.05) is 43.9 Å². The highest BCUT2D eigenvalue weighted by Gasteiger charge is 2.19. The average molecular weight is 409 g/mol. The van der Waals surface area contributed by atoms with Gasteiger partial charge in [-0.15, -0.1) is 0 Å². The Morgan fingerprint density at radius 3 is 2.37 bits per heavy atom. The third-order valence-electron chi connectivity index (χ3n) is 4.28. The van der Waals surface area contributed by atoms with Crippen LogP contribution in [0.4, 0.5) is 10.5 Å². The Balaban J connectivity index is 1.95. The van der Waals surface area contributed by atoms with E-state index in [0.717, 1.165) is 16.3 Å². The van der Waals surface area contributed by atoms with E-state index >= 15 is 0 Å². The van der Waals surface area contributed by atoms with Crippen LogP contribution in [-0.4, -0.2) is 54.6 Å². The van der Waals surface area contributed by atoms with E-state index in [0.29, 0.717) is 18.8 Å². The van der Waals surface area contributed by atoms with E-state index in [1.807, 2.05) is 51.1 Å². The molecule has 8 heteroatoms. The Morgan fingerprint density at radius 2 is 1.70 bits per heavy atom. The molecule has 0 unspecified atom stereocenters. The van der Waals surface area contributed by atoms with Crippen LogP contribution in [0.1, 0.15) is 26.3 Å². The largest absolute Gasteiger partial charge is 0.444 e. The van der Waals surface area contributed by atoms with Crippen LogP contribution in [0.5, 0.6) is 0 Å². The normalized spacial score (nSPS) is 11.2. The summed E-state index contributed by atoms with van der Waals surface area (Å²) >= 11 is 0. The molecule has 0 bridgehead atoms.